The molecule has 1 aromatic rings. The molecule has 0 spiro atoms. The van der Waals surface area contributed by atoms with Crippen molar-refractivity contribution in [2.45, 2.75) is 11.8 Å². The second kappa shape index (κ2) is 4.92. The van der Waals surface area contributed by atoms with Crippen LogP contribution in [0.1, 0.15) is 17.3 Å². The molecule has 6 nitrogen and oxygen atoms in total. The minimum absolute atomic E-state index is 0.0345. The topological polar surface area (TPSA) is 98.5 Å². The Morgan fingerprint density at radius 2 is 2.16 bits per heavy atom. The average Bonchev–Trinajstić information content (AvgIpc) is 2.33. The Bertz CT molecular complexity index is 594. The molecule has 0 aromatic heterocycles. The van der Waals surface area contributed by atoms with Gasteiger partial charge >= 0.3 is 0 Å². The van der Waals surface area contributed by atoms with Gasteiger partial charge in [-0.05, 0) is 18.2 Å². The zero-order chi connectivity index (χ0) is 14.1. The van der Waals surface area contributed by atoms with Gasteiger partial charge in [-0.15, -0.1) is 0 Å². The quantitative estimate of drug-likeness (QED) is 0.819. The van der Waals surface area contributed by atoms with Crippen LogP contribution in [0.25, 0.3) is 0 Å². The van der Waals surface area contributed by atoms with Gasteiger partial charge in [0.25, 0.3) is 5.91 Å². The van der Waals surface area contributed by atoms with Crippen LogP contribution in [0.15, 0.2) is 29.2 Å². The van der Waals surface area contributed by atoms with Crippen molar-refractivity contribution in [2.75, 3.05) is 19.8 Å². The van der Waals surface area contributed by atoms with Gasteiger partial charge in [-0.3, -0.25) is 4.79 Å². The maximum Gasteiger partial charge on any atom is 0.251 e. The normalized spacial score (nSPS) is 17.6. The maximum absolute atomic E-state index is 11.9. The molecular formula is C12H16N2O4S. The molecule has 2 rings (SSSR count). The molecule has 1 aliphatic rings. The van der Waals surface area contributed by atoms with Crippen LogP contribution in [-0.2, 0) is 14.8 Å². The van der Waals surface area contributed by atoms with Crippen molar-refractivity contribution in [3.63, 3.8) is 0 Å². The molecule has 1 saturated heterocycles. The summed E-state index contributed by atoms with van der Waals surface area (Å²) in [6.45, 7) is 3.73. The summed E-state index contributed by atoms with van der Waals surface area (Å²) in [5, 5.41) is 7.79. The predicted octanol–water partition coefficient (Wildman–Crippen LogP) is 0.100. The number of sulfonamides is 1. The van der Waals surface area contributed by atoms with Gasteiger partial charge < -0.3 is 10.1 Å². The first kappa shape index (κ1) is 14.0. The van der Waals surface area contributed by atoms with Gasteiger partial charge in [0, 0.05) is 17.5 Å². The van der Waals surface area contributed by atoms with Crippen LogP contribution in [0, 0.1) is 5.41 Å². The molecule has 7 heteroatoms. The summed E-state index contributed by atoms with van der Waals surface area (Å²) < 4.78 is 27.5. The van der Waals surface area contributed by atoms with Gasteiger partial charge in [0.1, 0.15) is 0 Å². The summed E-state index contributed by atoms with van der Waals surface area (Å²) in [5.41, 5.74) is 0.239. The number of hydrogen-bond donors (Lipinski definition) is 2. The van der Waals surface area contributed by atoms with E-state index in [0.29, 0.717) is 19.8 Å². The number of carbonyl (C=O) groups is 1. The Balaban J connectivity index is 2.07. The lowest BCUT2D eigenvalue weighted by atomic mass is 9.89. The maximum atomic E-state index is 11.9. The Kier molecular flexibility index (Phi) is 3.62. The molecule has 0 saturated carbocycles. The van der Waals surface area contributed by atoms with Crippen LogP contribution >= 0.6 is 0 Å². The van der Waals surface area contributed by atoms with Crippen LogP contribution in [-0.4, -0.2) is 34.1 Å². The highest BCUT2D eigenvalue weighted by Crippen LogP contribution is 2.25. The molecular weight excluding hydrogens is 268 g/mol. The van der Waals surface area contributed by atoms with E-state index in [-0.39, 0.29) is 21.8 Å². The number of rotatable bonds is 4. The standard InChI is InChI=1S/C12H16N2O4S/c1-12(7-18-8-12)6-14-11(15)9-3-2-4-10(5-9)19(13,16)17/h2-5H,6-8H2,1H3,(H,14,15)(H2,13,16,17). The van der Waals surface area contributed by atoms with Crippen molar-refractivity contribution in [3.8, 4) is 0 Å². The van der Waals surface area contributed by atoms with Crippen molar-refractivity contribution >= 4 is 15.9 Å². The zero-order valence-corrected chi connectivity index (χ0v) is 11.4. The lowest BCUT2D eigenvalue weighted by molar-refractivity contribution is -0.0978. The molecule has 0 unspecified atom stereocenters. The highest BCUT2D eigenvalue weighted by molar-refractivity contribution is 7.89. The van der Waals surface area contributed by atoms with E-state index in [1.54, 1.807) is 6.07 Å². The third kappa shape index (κ3) is 3.31. The predicted molar refractivity (Wildman–Crippen MR) is 69.1 cm³/mol. The van der Waals surface area contributed by atoms with E-state index in [4.69, 9.17) is 9.88 Å². The van der Waals surface area contributed by atoms with E-state index >= 15 is 0 Å². The van der Waals surface area contributed by atoms with Gasteiger partial charge in [-0.25, -0.2) is 13.6 Å². The Morgan fingerprint density at radius 1 is 1.47 bits per heavy atom. The first-order valence-corrected chi connectivity index (χ1v) is 7.34. The van der Waals surface area contributed by atoms with E-state index in [9.17, 15) is 13.2 Å². The Labute approximate surface area is 112 Å². The summed E-state index contributed by atoms with van der Waals surface area (Å²) in [6, 6.07) is 5.66. The molecule has 3 N–H and O–H groups in total. The highest BCUT2D eigenvalue weighted by atomic mass is 32.2. The molecule has 1 heterocycles. The first-order chi connectivity index (χ1) is 8.80. The number of hydrogen-bond acceptors (Lipinski definition) is 4. The summed E-state index contributed by atoms with van der Waals surface area (Å²) in [7, 11) is -3.80. The van der Waals surface area contributed by atoms with Crippen molar-refractivity contribution in [1.82, 2.24) is 5.32 Å². The molecule has 104 valence electrons. The van der Waals surface area contributed by atoms with Crippen molar-refractivity contribution < 1.29 is 17.9 Å². The second-order valence-electron chi connectivity index (χ2n) is 5.06. The number of amides is 1. The number of benzene rings is 1. The third-order valence-corrected chi connectivity index (χ3v) is 3.91. The van der Waals surface area contributed by atoms with Crippen LogP contribution in [0.4, 0.5) is 0 Å². The van der Waals surface area contributed by atoms with Crippen LogP contribution in [0.2, 0.25) is 0 Å². The monoisotopic (exact) mass is 284 g/mol. The van der Waals surface area contributed by atoms with Crippen molar-refractivity contribution in [1.29, 1.82) is 0 Å². The van der Waals surface area contributed by atoms with Gasteiger partial charge in [0.05, 0.1) is 18.1 Å². The van der Waals surface area contributed by atoms with E-state index in [2.05, 4.69) is 5.32 Å². The molecule has 1 fully saturated rings. The van der Waals surface area contributed by atoms with Crippen LogP contribution in [0.3, 0.4) is 0 Å². The molecule has 1 aromatic carbocycles. The Morgan fingerprint density at radius 3 is 2.68 bits per heavy atom. The summed E-state index contributed by atoms with van der Waals surface area (Å²) in [5.74, 6) is -0.321. The largest absolute Gasteiger partial charge is 0.380 e. The first-order valence-electron chi connectivity index (χ1n) is 5.79. The molecule has 1 aliphatic heterocycles. The summed E-state index contributed by atoms with van der Waals surface area (Å²) in [4.78, 5) is 11.9. The lowest BCUT2D eigenvalue weighted by Gasteiger charge is -2.38. The van der Waals surface area contributed by atoms with E-state index in [0.717, 1.165) is 0 Å². The minimum Gasteiger partial charge on any atom is -0.380 e. The van der Waals surface area contributed by atoms with Gasteiger partial charge in [-0.2, -0.15) is 0 Å². The number of carbonyl (C=O) groups excluding carboxylic acids is 1. The molecule has 0 atom stereocenters. The number of ether oxygens (including phenoxy) is 1. The molecule has 19 heavy (non-hydrogen) atoms. The number of primary sulfonamides is 1. The average molecular weight is 284 g/mol. The fourth-order valence-corrected chi connectivity index (χ4v) is 2.32. The van der Waals surface area contributed by atoms with Crippen molar-refractivity contribution in [2.24, 2.45) is 10.6 Å². The van der Waals surface area contributed by atoms with E-state index < -0.39 is 10.0 Å². The van der Waals surface area contributed by atoms with Crippen LogP contribution in [0.5, 0.6) is 0 Å². The minimum atomic E-state index is -3.80. The lowest BCUT2D eigenvalue weighted by Crippen LogP contribution is -2.48. The van der Waals surface area contributed by atoms with Crippen molar-refractivity contribution in [3.05, 3.63) is 29.8 Å². The van der Waals surface area contributed by atoms with Gasteiger partial charge in [0.15, 0.2) is 0 Å². The van der Waals surface area contributed by atoms with Gasteiger partial charge in [-0.1, -0.05) is 13.0 Å². The molecule has 0 aliphatic carbocycles. The number of nitrogens with two attached hydrogens (primary N) is 1. The highest BCUT2D eigenvalue weighted by Gasteiger charge is 2.33. The smallest absolute Gasteiger partial charge is 0.251 e. The van der Waals surface area contributed by atoms with E-state index in [1.165, 1.54) is 18.2 Å². The summed E-state index contributed by atoms with van der Waals surface area (Å²) in [6.07, 6.45) is 0. The SMILES string of the molecule is CC1(CNC(=O)c2cccc(S(N)(=O)=O)c2)COC1. The third-order valence-electron chi connectivity index (χ3n) is 3.00. The summed E-state index contributed by atoms with van der Waals surface area (Å²) >= 11 is 0. The fourth-order valence-electron chi connectivity index (χ4n) is 1.76. The van der Waals surface area contributed by atoms with E-state index in [1.807, 2.05) is 6.92 Å². The van der Waals surface area contributed by atoms with Crippen LogP contribution < -0.4 is 10.5 Å². The number of nitrogens with one attached hydrogen (secondary N) is 1. The molecule has 1 amide bonds. The fraction of sp³-hybridized carbons (Fsp3) is 0.417. The molecule has 0 bridgehead atoms. The Hall–Kier alpha value is -1.44. The zero-order valence-electron chi connectivity index (χ0n) is 10.5. The second-order valence-corrected chi connectivity index (χ2v) is 6.62. The molecule has 0 radical (unpaired) electrons. The van der Waals surface area contributed by atoms with Gasteiger partial charge in [0.2, 0.25) is 10.0 Å².